The first-order valence-corrected chi connectivity index (χ1v) is 6.81. The molecular weight excluding hydrogens is 248 g/mol. The Bertz CT molecular complexity index is 538. The van der Waals surface area contributed by atoms with Gasteiger partial charge in [-0.3, -0.25) is 4.98 Å². The summed E-state index contributed by atoms with van der Waals surface area (Å²) >= 11 is 0. The van der Waals surface area contributed by atoms with E-state index in [0.29, 0.717) is 6.61 Å². The molecule has 0 saturated carbocycles. The molecule has 2 aromatic rings. The van der Waals surface area contributed by atoms with Gasteiger partial charge in [0, 0.05) is 6.20 Å². The molecule has 0 saturated heterocycles. The van der Waals surface area contributed by atoms with Crippen LogP contribution >= 0.6 is 0 Å². The maximum atomic E-state index is 5.75. The summed E-state index contributed by atoms with van der Waals surface area (Å²) < 4.78 is 5.75. The lowest BCUT2D eigenvalue weighted by Crippen LogP contribution is -2.05. The smallest absolute Gasteiger partial charge is 0.138 e. The molecule has 3 heteroatoms. The highest BCUT2D eigenvalue weighted by Crippen LogP contribution is 2.14. The van der Waals surface area contributed by atoms with E-state index in [1.807, 2.05) is 37.5 Å². The molecule has 1 aromatic heterocycles. The van der Waals surface area contributed by atoms with Crippen LogP contribution in [0.3, 0.4) is 0 Å². The fourth-order valence-corrected chi connectivity index (χ4v) is 1.79. The van der Waals surface area contributed by atoms with Crippen molar-refractivity contribution >= 4 is 6.08 Å². The van der Waals surface area contributed by atoms with E-state index in [-0.39, 0.29) is 0 Å². The first-order chi connectivity index (χ1) is 9.88. The van der Waals surface area contributed by atoms with E-state index in [1.165, 1.54) is 0 Å². The highest BCUT2D eigenvalue weighted by atomic mass is 16.5. The Labute approximate surface area is 120 Å². The van der Waals surface area contributed by atoms with Gasteiger partial charge in [0.2, 0.25) is 0 Å². The van der Waals surface area contributed by atoms with Crippen LogP contribution < -0.4 is 10.1 Å². The first kappa shape index (κ1) is 14.3. The third-order valence-electron chi connectivity index (χ3n) is 2.85. The molecule has 1 heterocycles. The molecule has 0 atom stereocenters. The van der Waals surface area contributed by atoms with Gasteiger partial charge in [0.25, 0.3) is 0 Å². The highest BCUT2D eigenvalue weighted by molar-refractivity contribution is 5.49. The van der Waals surface area contributed by atoms with Gasteiger partial charge in [0.05, 0.1) is 6.20 Å². The topological polar surface area (TPSA) is 34.2 Å². The average molecular weight is 268 g/mol. The lowest BCUT2D eigenvalue weighted by molar-refractivity contribution is 0.305. The summed E-state index contributed by atoms with van der Waals surface area (Å²) in [6.45, 7) is 1.55. The minimum absolute atomic E-state index is 0.565. The van der Waals surface area contributed by atoms with Crippen molar-refractivity contribution in [3.63, 3.8) is 0 Å². The van der Waals surface area contributed by atoms with Crippen LogP contribution in [0.25, 0.3) is 6.08 Å². The predicted molar refractivity (Wildman–Crippen MR) is 82.6 cm³/mol. The summed E-state index contributed by atoms with van der Waals surface area (Å²) in [5, 5.41) is 3.11. The van der Waals surface area contributed by atoms with Crippen LogP contribution in [-0.4, -0.2) is 18.6 Å². The van der Waals surface area contributed by atoms with Crippen LogP contribution in [0.2, 0.25) is 0 Å². The van der Waals surface area contributed by atoms with Gasteiger partial charge >= 0.3 is 0 Å². The molecule has 0 amide bonds. The number of hydrogen-bond acceptors (Lipinski definition) is 3. The van der Waals surface area contributed by atoms with E-state index < -0.39 is 0 Å². The first-order valence-electron chi connectivity index (χ1n) is 6.81. The van der Waals surface area contributed by atoms with Crippen molar-refractivity contribution in [3.8, 4) is 5.75 Å². The van der Waals surface area contributed by atoms with E-state index in [1.54, 1.807) is 6.20 Å². The molecule has 0 unspecified atom stereocenters. The zero-order chi connectivity index (χ0) is 14.0. The second-order valence-corrected chi connectivity index (χ2v) is 4.52. The minimum Gasteiger partial charge on any atom is -0.487 e. The standard InChI is InChI=1S/C17H20N2O/c1-18-10-6-5-9-16-11-17(13-19-12-16)20-14-15-7-3-2-4-8-15/h2-5,7-9,11-13,18H,6,10,14H2,1H3. The number of benzene rings is 1. The van der Waals surface area contributed by atoms with Crippen molar-refractivity contribution in [2.45, 2.75) is 13.0 Å². The van der Waals surface area contributed by atoms with Gasteiger partial charge in [-0.1, -0.05) is 42.5 Å². The summed E-state index contributed by atoms with van der Waals surface area (Å²) in [6, 6.07) is 12.1. The van der Waals surface area contributed by atoms with Crippen molar-refractivity contribution in [2.24, 2.45) is 0 Å². The largest absolute Gasteiger partial charge is 0.487 e. The van der Waals surface area contributed by atoms with Gasteiger partial charge in [-0.15, -0.1) is 0 Å². The molecule has 0 spiro atoms. The Morgan fingerprint density at radius 1 is 1.20 bits per heavy atom. The SMILES string of the molecule is CNCCC=Cc1cncc(OCc2ccccc2)c1. The Morgan fingerprint density at radius 2 is 2.05 bits per heavy atom. The summed E-state index contributed by atoms with van der Waals surface area (Å²) in [7, 11) is 1.95. The number of pyridine rings is 1. The minimum atomic E-state index is 0.565. The molecule has 20 heavy (non-hydrogen) atoms. The second kappa shape index (κ2) is 8.12. The zero-order valence-corrected chi connectivity index (χ0v) is 11.8. The average Bonchev–Trinajstić information content (AvgIpc) is 2.51. The molecule has 1 aromatic carbocycles. The molecule has 104 valence electrons. The molecular formula is C17H20N2O. The third kappa shape index (κ3) is 4.86. The number of nitrogens with one attached hydrogen (secondary N) is 1. The summed E-state index contributed by atoms with van der Waals surface area (Å²) in [5.74, 6) is 0.796. The second-order valence-electron chi connectivity index (χ2n) is 4.52. The Kier molecular flexibility index (Phi) is 5.80. The Hall–Kier alpha value is -2.13. The molecule has 0 aliphatic carbocycles. The summed E-state index contributed by atoms with van der Waals surface area (Å²) in [4.78, 5) is 4.20. The number of ether oxygens (including phenoxy) is 1. The molecule has 0 radical (unpaired) electrons. The van der Waals surface area contributed by atoms with Crippen LogP contribution in [-0.2, 0) is 6.61 Å². The molecule has 3 nitrogen and oxygen atoms in total. The van der Waals surface area contributed by atoms with Crippen LogP contribution in [0.1, 0.15) is 17.5 Å². The summed E-state index contributed by atoms with van der Waals surface area (Å²) in [6.07, 6.45) is 8.79. The van der Waals surface area contributed by atoms with Crippen molar-refractivity contribution in [1.29, 1.82) is 0 Å². The Balaban J connectivity index is 1.90. The fraction of sp³-hybridized carbons (Fsp3) is 0.235. The van der Waals surface area contributed by atoms with Crippen molar-refractivity contribution in [3.05, 3.63) is 66.0 Å². The van der Waals surface area contributed by atoms with E-state index in [2.05, 4.69) is 34.6 Å². The number of hydrogen-bond donors (Lipinski definition) is 1. The fourth-order valence-electron chi connectivity index (χ4n) is 1.79. The molecule has 0 bridgehead atoms. The van der Waals surface area contributed by atoms with E-state index in [9.17, 15) is 0 Å². The quantitative estimate of drug-likeness (QED) is 0.782. The normalized spacial score (nSPS) is 10.8. The van der Waals surface area contributed by atoms with Gasteiger partial charge in [-0.05, 0) is 37.2 Å². The lowest BCUT2D eigenvalue weighted by atomic mass is 10.2. The Morgan fingerprint density at radius 3 is 2.85 bits per heavy atom. The molecule has 1 N–H and O–H groups in total. The van der Waals surface area contributed by atoms with Crippen molar-refractivity contribution in [2.75, 3.05) is 13.6 Å². The molecule has 0 aliphatic heterocycles. The third-order valence-corrected chi connectivity index (χ3v) is 2.85. The zero-order valence-electron chi connectivity index (χ0n) is 11.8. The van der Waals surface area contributed by atoms with Crippen LogP contribution in [0.15, 0.2) is 54.9 Å². The summed E-state index contributed by atoms with van der Waals surface area (Å²) in [5.41, 5.74) is 2.22. The van der Waals surface area contributed by atoms with Crippen molar-refractivity contribution < 1.29 is 4.74 Å². The van der Waals surface area contributed by atoms with Gasteiger partial charge < -0.3 is 10.1 Å². The van der Waals surface area contributed by atoms with Gasteiger partial charge in [-0.2, -0.15) is 0 Å². The van der Waals surface area contributed by atoms with Crippen LogP contribution in [0.5, 0.6) is 5.75 Å². The van der Waals surface area contributed by atoms with E-state index in [0.717, 1.165) is 29.8 Å². The predicted octanol–water partition coefficient (Wildman–Crippen LogP) is 3.28. The van der Waals surface area contributed by atoms with Crippen molar-refractivity contribution in [1.82, 2.24) is 10.3 Å². The van der Waals surface area contributed by atoms with Crippen LogP contribution in [0.4, 0.5) is 0 Å². The number of nitrogens with zero attached hydrogens (tertiary/aromatic N) is 1. The molecule has 0 aliphatic rings. The number of aromatic nitrogens is 1. The maximum absolute atomic E-state index is 5.75. The molecule has 2 rings (SSSR count). The van der Waals surface area contributed by atoms with E-state index in [4.69, 9.17) is 4.74 Å². The number of rotatable bonds is 7. The highest BCUT2D eigenvalue weighted by Gasteiger charge is 1.97. The van der Waals surface area contributed by atoms with Gasteiger partial charge in [0.15, 0.2) is 0 Å². The molecule has 0 fully saturated rings. The maximum Gasteiger partial charge on any atom is 0.138 e. The van der Waals surface area contributed by atoms with Crippen LogP contribution in [0, 0.1) is 0 Å². The monoisotopic (exact) mass is 268 g/mol. The van der Waals surface area contributed by atoms with E-state index >= 15 is 0 Å². The van der Waals surface area contributed by atoms with Gasteiger partial charge in [-0.25, -0.2) is 0 Å². The van der Waals surface area contributed by atoms with Gasteiger partial charge in [0.1, 0.15) is 12.4 Å². The lowest BCUT2D eigenvalue weighted by Gasteiger charge is -2.06.